The number of esters is 1. The fourth-order valence-corrected chi connectivity index (χ4v) is 2.78. The van der Waals surface area contributed by atoms with E-state index in [2.05, 4.69) is 19.2 Å². The molecule has 1 N–H and O–H groups in total. The number of rotatable bonds is 8. The van der Waals surface area contributed by atoms with Crippen LogP contribution >= 0.6 is 0 Å². The molecule has 0 unspecified atom stereocenters. The third kappa shape index (κ3) is 6.08. The monoisotopic (exact) mass is 387 g/mol. The molecule has 0 aliphatic heterocycles. The van der Waals surface area contributed by atoms with Gasteiger partial charge in [-0.2, -0.15) is 0 Å². The van der Waals surface area contributed by atoms with Gasteiger partial charge in [0.1, 0.15) is 11.6 Å². The van der Waals surface area contributed by atoms with E-state index in [9.17, 15) is 14.0 Å². The topological polar surface area (TPSA) is 64.6 Å². The first kappa shape index (κ1) is 21.4. The average Bonchev–Trinajstić information content (AvgIpc) is 2.66. The van der Waals surface area contributed by atoms with Crippen molar-refractivity contribution >= 4 is 11.9 Å². The van der Waals surface area contributed by atoms with Crippen molar-refractivity contribution in [2.75, 3.05) is 13.7 Å². The van der Waals surface area contributed by atoms with Gasteiger partial charge in [-0.1, -0.05) is 38.1 Å². The number of benzene rings is 2. The maximum absolute atomic E-state index is 13.9. The van der Waals surface area contributed by atoms with Gasteiger partial charge in [-0.15, -0.1) is 0 Å². The lowest BCUT2D eigenvalue weighted by Gasteiger charge is -2.15. The van der Waals surface area contributed by atoms with E-state index in [1.54, 1.807) is 0 Å². The Morgan fingerprint density at radius 1 is 1.07 bits per heavy atom. The van der Waals surface area contributed by atoms with Crippen LogP contribution in [0.2, 0.25) is 0 Å². The molecule has 0 aromatic heterocycles. The number of nitrogens with one attached hydrogen (secondary N) is 1. The zero-order valence-corrected chi connectivity index (χ0v) is 16.6. The van der Waals surface area contributed by atoms with Gasteiger partial charge < -0.3 is 14.8 Å². The van der Waals surface area contributed by atoms with Crippen LogP contribution in [-0.4, -0.2) is 25.6 Å². The summed E-state index contributed by atoms with van der Waals surface area (Å²) in [6.45, 7) is 5.69. The van der Waals surface area contributed by atoms with Crippen LogP contribution in [0.5, 0.6) is 5.75 Å². The predicted molar refractivity (Wildman–Crippen MR) is 105 cm³/mol. The molecule has 150 valence electrons. The van der Waals surface area contributed by atoms with E-state index in [-0.39, 0.29) is 11.6 Å². The van der Waals surface area contributed by atoms with Crippen LogP contribution < -0.4 is 10.1 Å². The van der Waals surface area contributed by atoms with Crippen molar-refractivity contribution in [3.05, 3.63) is 65.0 Å². The molecule has 0 saturated carbocycles. The fraction of sp³-hybridized carbons (Fsp3) is 0.364. The Morgan fingerprint density at radius 2 is 1.75 bits per heavy atom. The van der Waals surface area contributed by atoms with Crippen molar-refractivity contribution in [1.29, 1.82) is 0 Å². The van der Waals surface area contributed by atoms with E-state index in [4.69, 9.17) is 9.47 Å². The minimum Gasteiger partial charge on any atom is -0.497 e. The molecular formula is C22H26FNO4. The summed E-state index contributed by atoms with van der Waals surface area (Å²) in [5.41, 5.74) is 1.95. The Balaban J connectivity index is 1.87. The van der Waals surface area contributed by atoms with Crippen LogP contribution in [0.4, 0.5) is 4.39 Å². The van der Waals surface area contributed by atoms with Crippen molar-refractivity contribution < 1.29 is 23.5 Å². The van der Waals surface area contributed by atoms with Gasteiger partial charge >= 0.3 is 5.97 Å². The number of carbonyl (C=O) groups excluding carboxylic acids is 2. The lowest BCUT2D eigenvalue weighted by Crippen LogP contribution is -2.31. The van der Waals surface area contributed by atoms with Gasteiger partial charge in [-0.05, 0) is 42.5 Å². The minimum absolute atomic E-state index is 0.239. The summed E-state index contributed by atoms with van der Waals surface area (Å²) in [4.78, 5) is 24.0. The van der Waals surface area contributed by atoms with Crippen LogP contribution in [0.15, 0.2) is 42.5 Å². The quantitative estimate of drug-likeness (QED) is 0.694. The van der Waals surface area contributed by atoms with Gasteiger partial charge in [-0.3, -0.25) is 4.79 Å². The molecule has 0 aliphatic carbocycles. The number of hydrogen-bond acceptors (Lipinski definition) is 4. The van der Waals surface area contributed by atoms with Crippen LogP contribution in [-0.2, 0) is 16.0 Å². The molecule has 5 nitrogen and oxygen atoms in total. The molecule has 1 amide bonds. The lowest BCUT2D eigenvalue weighted by atomic mass is 10.00. The number of methoxy groups -OCH3 is 1. The third-order valence-corrected chi connectivity index (χ3v) is 4.23. The smallest absolute Gasteiger partial charge is 0.341 e. The maximum Gasteiger partial charge on any atom is 0.341 e. The first-order valence-electron chi connectivity index (χ1n) is 9.19. The summed E-state index contributed by atoms with van der Waals surface area (Å²) >= 11 is 0. The van der Waals surface area contributed by atoms with Gasteiger partial charge in [0.05, 0.1) is 18.7 Å². The Labute approximate surface area is 164 Å². The van der Waals surface area contributed by atoms with Crippen molar-refractivity contribution in [3.63, 3.8) is 0 Å². The van der Waals surface area contributed by atoms with Crippen LogP contribution in [0.25, 0.3) is 0 Å². The highest BCUT2D eigenvalue weighted by Gasteiger charge is 2.17. The summed E-state index contributed by atoms with van der Waals surface area (Å²) < 4.78 is 23.7. The molecule has 0 fully saturated rings. The zero-order chi connectivity index (χ0) is 20.7. The standard InChI is InChI=1S/C22H26FNO4/c1-14(2)11-16-5-7-17(8-6-16)15(3)24-21(25)13-28-22(26)19-10-9-18(27-4)12-20(19)23/h5-10,12,14-15H,11,13H2,1-4H3,(H,24,25)/t15-/m1/s1. The number of amides is 1. The SMILES string of the molecule is COc1ccc(C(=O)OCC(=O)N[C@H](C)c2ccc(CC(C)C)cc2)c(F)c1. The van der Waals surface area contributed by atoms with E-state index < -0.39 is 24.3 Å². The number of halogens is 1. The first-order chi connectivity index (χ1) is 13.3. The minimum atomic E-state index is -0.902. The summed E-state index contributed by atoms with van der Waals surface area (Å²) in [7, 11) is 1.40. The molecule has 28 heavy (non-hydrogen) atoms. The average molecular weight is 387 g/mol. The van der Waals surface area contributed by atoms with Crippen LogP contribution in [0, 0.1) is 11.7 Å². The summed E-state index contributed by atoms with van der Waals surface area (Å²) in [5.74, 6) is -1.25. The van der Waals surface area contributed by atoms with Crippen LogP contribution in [0.3, 0.4) is 0 Å². The summed E-state index contributed by atoms with van der Waals surface area (Å²) in [5, 5.41) is 2.77. The molecule has 0 bridgehead atoms. The summed E-state index contributed by atoms with van der Waals surface area (Å²) in [6.07, 6.45) is 0.999. The Hall–Kier alpha value is -2.89. The molecule has 2 rings (SSSR count). The van der Waals surface area contributed by atoms with Gasteiger partial charge in [0, 0.05) is 6.07 Å². The molecule has 2 aromatic carbocycles. The Bertz CT molecular complexity index is 818. The molecule has 0 aliphatic rings. The second kappa shape index (κ2) is 9.88. The van der Waals surface area contributed by atoms with E-state index >= 15 is 0 Å². The van der Waals surface area contributed by atoms with E-state index in [0.717, 1.165) is 18.1 Å². The molecule has 6 heteroatoms. The lowest BCUT2D eigenvalue weighted by molar-refractivity contribution is -0.124. The van der Waals surface area contributed by atoms with Gasteiger partial charge in [0.2, 0.25) is 0 Å². The second-order valence-corrected chi connectivity index (χ2v) is 7.05. The Morgan fingerprint density at radius 3 is 2.32 bits per heavy atom. The predicted octanol–water partition coefficient (Wildman–Crippen LogP) is 4.07. The van der Waals surface area contributed by atoms with Crippen LogP contribution in [0.1, 0.15) is 48.3 Å². The number of carbonyl (C=O) groups is 2. The summed E-state index contributed by atoms with van der Waals surface area (Å²) in [6, 6.07) is 11.6. The zero-order valence-electron chi connectivity index (χ0n) is 16.6. The van der Waals surface area contributed by atoms with Crippen molar-refractivity contribution in [2.45, 2.75) is 33.2 Å². The Kier molecular flexibility index (Phi) is 7.55. The first-order valence-corrected chi connectivity index (χ1v) is 9.19. The van der Waals surface area contributed by atoms with Gasteiger partial charge in [0.25, 0.3) is 5.91 Å². The van der Waals surface area contributed by atoms with Crippen molar-refractivity contribution in [2.24, 2.45) is 5.92 Å². The fourth-order valence-electron chi connectivity index (χ4n) is 2.78. The van der Waals surface area contributed by atoms with E-state index in [1.165, 1.54) is 24.8 Å². The van der Waals surface area contributed by atoms with E-state index in [1.807, 2.05) is 31.2 Å². The number of hydrogen-bond donors (Lipinski definition) is 1. The number of ether oxygens (including phenoxy) is 2. The second-order valence-electron chi connectivity index (χ2n) is 7.05. The largest absolute Gasteiger partial charge is 0.497 e. The molecule has 0 spiro atoms. The van der Waals surface area contributed by atoms with Gasteiger partial charge in [0.15, 0.2) is 6.61 Å². The molecule has 1 atom stereocenters. The normalized spacial score (nSPS) is 11.8. The van der Waals surface area contributed by atoms with Gasteiger partial charge in [-0.25, -0.2) is 9.18 Å². The highest BCUT2D eigenvalue weighted by molar-refractivity contribution is 5.91. The van der Waals surface area contributed by atoms with Crippen molar-refractivity contribution in [1.82, 2.24) is 5.32 Å². The molecule has 2 aromatic rings. The van der Waals surface area contributed by atoms with E-state index in [0.29, 0.717) is 11.7 Å². The molecule has 0 heterocycles. The molecule has 0 saturated heterocycles. The highest BCUT2D eigenvalue weighted by Crippen LogP contribution is 2.18. The third-order valence-electron chi connectivity index (χ3n) is 4.23. The highest BCUT2D eigenvalue weighted by atomic mass is 19.1. The van der Waals surface area contributed by atoms with Crippen molar-refractivity contribution in [3.8, 4) is 5.75 Å². The molecular weight excluding hydrogens is 361 g/mol. The molecule has 0 radical (unpaired) electrons. The maximum atomic E-state index is 13.9.